The number of urea groups is 1. The van der Waals surface area contributed by atoms with Crippen LogP contribution >= 0.6 is 15.6 Å². The molecule has 0 fully saturated rings. The number of allylic oxidation sites excluding steroid dienone is 4. The molecule has 0 radical (unpaired) electrons. The first-order valence-corrected chi connectivity index (χ1v) is 45.9. The van der Waals surface area contributed by atoms with Crippen molar-refractivity contribution in [2.24, 2.45) is 0 Å². The molecule has 0 aromatic carbocycles. The Morgan fingerprint density at radius 1 is 0.336 bits per heavy atom. The number of nitrogens with one attached hydrogen (secondary N) is 4. The van der Waals surface area contributed by atoms with Crippen molar-refractivity contribution in [2.45, 2.75) is 400 Å². The quantitative estimate of drug-likeness (QED) is 0.0110. The fraction of sp³-hybridized carbons (Fsp3) is 0.867. The molecule has 0 aromatic rings. The third-order valence-corrected chi connectivity index (χ3v) is 20.6. The molecule has 0 aromatic heterocycles. The van der Waals surface area contributed by atoms with Gasteiger partial charge in [0, 0.05) is 51.6 Å². The summed E-state index contributed by atoms with van der Waals surface area (Å²) in [5.74, 6) is -2.28. The fourth-order valence-corrected chi connectivity index (χ4v) is 13.7. The molecule has 0 rings (SSSR count). The van der Waals surface area contributed by atoms with Crippen LogP contribution < -0.4 is 90.2 Å². The van der Waals surface area contributed by atoms with Gasteiger partial charge in [0.05, 0.1) is 77.8 Å². The van der Waals surface area contributed by atoms with E-state index in [0.29, 0.717) is 64.2 Å². The minimum absolute atomic E-state index is 0. The van der Waals surface area contributed by atoms with Crippen LogP contribution in [0.25, 0.3) is 0 Å². The molecule has 4 unspecified atom stereocenters. The molecule has 4 amide bonds. The number of phosphoric ester groups is 2. The van der Waals surface area contributed by atoms with Crippen LogP contribution in [0.1, 0.15) is 375 Å². The van der Waals surface area contributed by atoms with Crippen molar-refractivity contribution < 1.29 is 149 Å². The zero-order chi connectivity index (χ0) is 79.5. The van der Waals surface area contributed by atoms with Crippen LogP contribution in [0.3, 0.4) is 0 Å². The predicted molar refractivity (Wildman–Crippen MR) is 428 cm³/mol. The Labute approximate surface area is 711 Å². The van der Waals surface area contributed by atoms with Crippen molar-refractivity contribution in [3.63, 3.8) is 0 Å². The standard InChI is InChI=1S/C83H156N4O19P2.2Na/c1-7-13-19-25-29-33-37-43-47-53-75(88)67-79(90)86-73(69-99-63-59-77(55-49-41-23-17-11-5)105-81(92)57-51-45-39-35-31-27-21-15-9-3)71-103-107(95,96)101-65-61-84-83(94)85-62-66-102-108(97,98)104-72-74(87-80(91)68-76(89)54-48-44-38-34-30-26-20-14-8-2)70-100-64-60-78(56-50-42-24-18-12-6)106-82(93)58-52-46-40-36-32-28-22-16-10-4;;/h35-36,39-40,73-74,77-78H,7-34,37-38,41-72H2,1-6H3,(H,86,90)(H,87,91)(H,95,96)(H,97,98)(H2,84,85,94);;/q;2*+1/p-2/b39-35-,40-36-;;/t73?,74?,77-,78-;;/m1../s1. The summed E-state index contributed by atoms with van der Waals surface area (Å²) in [5, 5.41) is 10.2. The van der Waals surface area contributed by atoms with Crippen molar-refractivity contribution >= 4 is 57.0 Å². The van der Waals surface area contributed by atoms with E-state index in [1.54, 1.807) is 0 Å². The average Bonchev–Trinajstić information content (AvgIpc) is 0.912. The molecule has 0 aliphatic heterocycles. The van der Waals surface area contributed by atoms with Crippen molar-refractivity contribution in [3.8, 4) is 0 Å². The summed E-state index contributed by atoms with van der Waals surface area (Å²) in [6.45, 7) is 9.87. The number of carbonyl (C=O) groups is 7. The molecular weight excluding hydrogens is 1460 g/mol. The van der Waals surface area contributed by atoms with Gasteiger partial charge in [-0.05, 0) is 89.9 Å². The summed E-state index contributed by atoms with van der Waals surface area (Å²) < 4.78 is 70.4. The summed E-state index contributed by atoms with van der Waals surface area (Å²) >= 11 is 0. The largest absolute Gasteiger partial charge is 1.00 e. The second kappa shape index (κ2) is 82.2. The molecule has 4 N–H and O–H groups in total. The van der Waals surface area contributed by atoms with E-state index in [0.717, 1.165) is 154 Å². The first kappa shape index (κ1) is 112. The molecular formula is C83H154N4Na2O19P2. The molecule has 0 heterocycles. The van der Waals surface area contributed by atoms with Gasteiger partial charge in [-0.25, -0.2) is 4.79 Å². The van der Waals surface area contributed by atoms with Gasteiger partial charge < -0.3 is 68.1 Å². The third-order valence-electron chi connectivity index (χ3n) is 18.7. The Morgan fingerprint density at radius 2 is 0.627 bits per heavy atom. The molecule has 0 saturated heterocycles. The summed E-state index contributed by atoms with van der Waals surface area (Å²) in [6, 6.07) is -2.88. The number of hydrogen-bond acceptors (Lipinski definition) is 19. The minimum atomic E-state index is -5.06. The molecule has 0 spiro atoms. The van der Waals surface area contributed by atoms with Gasteiger partial charge in [0.25, 0.3) is 15.6 Å². The Morgan fingerprint density at radius 3 is 0.955 bits per heavy atom. The van der Waals surface area contributed by atoms with Gasteiger partial charge in [-0.3, -0.25) is 37.9 Å². The van der Waals surface area contributed by atoms with Gasteiger partial charge in [0.15, 0.2) is 0 Å². The summed E-state index contributed by atoms with van der Waals surface area (Å²) in [6.07, 6.45) is 54.4. The maximum atomic E-state index is 13.3. The first-order valence-electron chi connectivity index (χ1n) is 43.0. The van der Waals surface area contributed by atoms with Crippen LogP contribution in [0.15, 0.2) is 24.3 Å². The second-order valence-electron chi connectivity index (χ2n) is 29.2. The van der Waals surface area contributed by atoms with E-state index >= 15 is 0 Å². The van der Waals surface area contributed by atoms with Gasteiger partial charge in [-0.15, -0.1) is 0 Å². The average molecular weight is 1620 g/mol. The van der Waals surface area contributed by atoms with E-state index in [9.17, 15) is 52.5 Å². The number of ketones is 2. The van der Waals surface area contributed by atoms with E-state index < -0.39 is 97.1 Å². The number of unbranched alkanes of at least 4 members (excludes halogenated alkanes) is 34. The van der Waals surface area contributed by atoms with Crippen molar-refractivity contribution in [3.05, 3.63) is 24.3 Å². The Balaban J connectivity index is -0.0000572. The number of carbonyl (C=O) groups excluding carboxylic acids is 7. The van der Waals surface area contributed by atoms with E-state index in [4.69, 9.17) is 37.0 Å². The second-order valence-corrected chi connectivity index (χ2v) is 32.1. The number of ether oxygens (including phenoxy) is 4. The van der Waals surface area contributed by atoms with Crippen LogP contribution in [0, 0.1) is 0 Å². The van der Waals surface area contributed by atoms with Gasteiger partial charge >= 0.3 is 77.1 Å². The summed E-state index contributed by atoms with van der Waals surface area (Å²) in [5.41, 5.74) is 0. The van der Waals surface area contributed by atoms with Crippen molar-refractivity contribution in [2.75, 3.05) is 65.9 Å². The van der Waals surface area contributed by atoms with Crippen molar-refractivity contribution in [1.29, 1.82) is 0 Å². The van der Waals surface area contributed by atoms with E-state index in [1.807, 2.05) is 0 Å². The Kier molecular flexibility index (Phi) is 83.9. The minimum Gasteiger partial charge on any atom is -0.756 e. The van der Waals surface area contributed by atoms with Crippen LogP contribution in [-0.2, 0) is 74.9 Å². The van der Waals surface area contributed by atoms with Gasteiger partial charge in [0.1, 0.15) is 23.8 Å². The summed E-state index contributed by atoms with van der Waals surface area (Å²) in [7, 11) is -10.1. The number of Topliss-reactive ketones (excluding diaryl/α,β-unsaturated/α-hetero) is 2. The monoisotopic (exact) mass is 1620 g/mol. The third kappa shape index (κ3) is 78.6. The zero-order valence-corrected chi connectivity index (χ0v) is 76.4. The topological polar surface area (TPSA) is 322 Å². The molecule has 0 aliphatic rings. The number of rotatable bonds is 82. The van der Waals surface area contributed by atoms with Crippen LogP contribution in [0.5, 0.6) is 0 Å². The molecule has 110 heavy (non-hydrogen) atoms. The fourth-order valence-electron chi connectivity index (χ4n) is 12.2. The maximum Gasteiger partial charge on any atom is 1.00 e. The van der Waals surface area contributed by atoms with E-state index in [2.05, 4.69) is 87.1 Å². The van der Waals surface area contributed by atoms with Crippen LogP contribution in [0.2, 0.25) is 0 Å². The van der Waals surface area contributed by atoms with Crippen LogP contribution in [0.4, 0.5) is 4.79 Å². The molecule has 27 heteroatoms. The Hall–Kier alpha value is -1.89. The number of amides is 4. The number of phosphoric acid groups is 2. The number of esters is 2. The molecule has 0 saturated carbocycles. The van der Waals surface area contributed by atoms with E-state index in [-0.39, 0.29) is 135 Å². The number of hydrogen-bond donors (Lipinski definition) is 4. The maximum absolute atomic E-state index is 13.3. The van der Waals surface area contributed by atoms with Crippen molar-refractivity contribution in [1.82, 2.24) is 21.3 Å². The van der Waals surface area contributed by atoms with Gasteiger partial charge in [0.2, 0.25) is 11.8 Å². The van der Waals surface area contributed by atoms with Crippen LogP contribution in [-0.4, -0.2) is 132 Å². The predicted octanol–water partition coefficient (Wildman–Crippen LogP) is 12.8. The molecule has 0 bridgehead atoms. The Bertz CT molecular complexity index is 2230. The smallest absolute Gasteiger partial charge is 0.756 e. The van der Waals surface area contributed by atoms with Gasteiger partial charge in [-0.1, -0.05) is 258 Å². The molecule has 6 atom stereocenters. The SMILES string of the molecule is CCCCCC/C=C\CCCC(=O)O[C@H](CCCCCCC)CCOCC(COP(=O)([O-])OCCNC(=O)NCCOP(=O)([O-])OCC(COCC[C@@H](CCCCCCC)OC(=O)CCC/C=C\CCCCCC)NC(=O)CC(=O)CCCCCCCCCCC)NC(=O)CC(=O)CCCCCCCCCCC.[Na+].[Na+]. The first-order chi connectivity index (χ1) is 52.3. The zero-order valence-electron chi connectivity index (χ0n) is 70.6. The molecule has 632 valence electrons. The normalized spacial score (nSPS) is 13.7. The molecule has 0 aliphatic carbocycles. The van der Waals surface area contributed by atoms with Gasteiger partial charge in [-0.2, -0.15) is 0 Å². The van der Waals surface area contributed by atoms with E-state index in [1.165, 1.54) is 89.9 Å². The summed E-state index contributed by atoms with van der Waals surface area (Å²) in [4.78, 5) is 117. The molecule has 23 nitrogen and oxygen atoms in total.